The van der Waals surface area contributed by atoms with Gasteiger partial charge in [-0.1, -0.05) is 24.3 Å². The number of para-hydroxylation sites is 2. The van der Waals surface area contributed by atoms with Gasteiger partial charge in [-0.15, -0.1) is 0 Å². The van der Waals surface area contributed by atoms with Gasteiger partial charge in [0.05, 0.1) is 11.0 Å². The van der Waals surface area contributed by atoms with Crippen molar-refractivity contribution in [3.8, 4) is 0 Å². The number of hydrogen-bond donors (Lipinski definition) is 1. The molecule has 20 heavy (non-hydrogen) atoms. The smallest absolute Gasteiger partial charge is 0.306 e. The molecule has 0 spiro atoms. The summed E-state index contributed by atoms with van der Waals surface area (Å²) in [5.74, 6) is 0. The minimum atomic E-state index is 0.0181. The van der Waals surface area contributed by atoms with E-state index < -0.39 is 0 Å². The molecular weight excluding hydrogens is 250 g/mol. The maximum Gasteiger partial charge on any atom is 0.326 e. The Balaban J connectivity index is 1.82. The molecule has 0 aliphatic carbocycles. The number of nitrogens with zero attached hydrogens (tertiary/aromatic N) is 2. The van der Waals surface area contributed by atoms with Crippen LogP contribution in [0, 0.1) is 0 Å². The van der Waals surface area contributed by atoms with Crippen molar-refractivity contribution in [3.63, 3.8) is 0 Å². The number of piperidine rings is 1. The summed E-state index contributed by atoms with van der Waals surface area (Å²) in [5.41, 5.74) is 3.18. The van der Waals surface area contributed by atoms with E-state index in [1.807, 2.05) is 28.8 Å². The molecular formula is C16H21N3O. The van der Waals surface area contributed by atoms with Crippen molar-refractivity contribution < 1.29 is 0 Å². The monoisotopic (exact) mass is 271 g/mol. The van der Waals surface area contributed by atoms with Crippen LogP contribution in [0.1, 0.15) is 25.8 Å². The van der Waals surface area contributed by atoms with Crippen LogP contribution < -0.4 is 5.69 Å². The lowest BCUT2D eigenvalue weighted by Gasteiger charge is -2.32. The average molecular weight is 271 g/mol. The fraction of sp³-hybridized carbons (Fsp3) is 0.438. The number of H-pyrrole nitrogens is 1. The molecule has 2 aromatic rings. The molecule has 1 N–H and O–H groups in total. The lowest BCUT2D eigenvalue weighted by Crippen LogP contribution is -2.37. The number of fused-ring (bicyclic) bond motifs is 1. The number of nitrogens with one attached hydrogen (secondary N) is 1. The van der Waals surface area contributed by atoms with Crippen LogP contribution >= 0.6 is 0 Å². The van der Waals surface area contributed by atoms with Gasteiger partial charge in [0.15, 0.2) is 0 Å². The first-order valence-corrected chi connectivity index (χ1v) is 7.21. The standard InChI is InChI=1S/C16H21N3O/c1-12(2)11-18-9-7-13(8-10-18)19-15-6-4-3-5-14(15)17-16(19)20/h3-6,13H,1,7-11H2,2H3,(H,17,20). The van der Waals surface area contributed by atoms with Crippen molar-refractivity contribution in [1.29, 1.82) is 0 Å². The third-order valence-electron chi connectivity index (χ3n) is 4.04. The third kappa shape index (κ3) is 2.43. The van der Waals surface area contributed by atoms with Gasteiger partial charge in [-0.25, -0.2) is 4.79 Å². The maximum absolute atomic E-state index is 12.2. The van der Waals surface area contributed by atoms with E-state index in [9.17, 15) is 4.79 Å². The summed E-state index contributed by atoms with van der Waals surface area (Å²) in [6.45, 7) is 9.07. The molecule has 1 aliphatic heterocycles. The summed E-state index contributed by atoms with van der Waals surface area (Å²) in [7, 11) is 0. The Morgan fingerprint density at radius 2 is 2.05 bits per heavy atom. The van der Waals surface area contributed by atoms with Crippen LogP contribution in [-0.2, 0) is 0 Å². The lowest BCUT2D eigenvalue weighted by molar-refractivity contribution is 0.200. The first-order valence-electron chi connectivity index (χ1n) is 7.21. The van der Waals surface area contributed by atoms with Crippen molar-refractivity contribution in [2.45, 2.75) is 25.8 Å². The van der Waals surface area contributed by atoms with E-state index in [4.69, 9.17) is 0 Å². The van der Waals surface area contributed by atoms with E-state index >= 15 is 0 Å². The number of benzene rings is 1. The molecule has 0 bridgehead atoms. The van der Waals surface area contributed by atoms with Gasteiger partial charge in [-0.3, -0.25) is 9.47 Å². The number of imidazole rings is 1. The van der Waals surface area contributed by atoms with Gasteiger partial charge in [-0.05, 0) is 31.9 Å². The summed E-state index contributed by atoms with van der Waals surface area (Å²) < 4.78 is 1.94. The van der Waals surface area contributed by atoms with Gasteiger partial charge in [0.2, 0.25) is 0 Å². The second kappa shape index (κ2) is 5.29. The Morgan fingerprint density at radius 1 is 1.35 bits per heavy atom. The Kier molecular flexibility index (Phi) is 3.49. The Labute approximate surface area is 118 Å². The highest BCUT2D eigenvalue weighted by molar-refractivity contribution is 5.75. The molecule has 0 saturated carbocycles. The van der Waals surface area contributed by atoms with Gasteiger partial charge in [0.25, 0.3) is 0 Å². The molecule has 0 unspecified atom stereocenters. The largest absolute Gasteiger partial charge is 0.326 e. The number of aromatic nitrogens is 2. The average Bonchev–Trinajstić information content (AvgIpc) is 2.75. The lowest BCUT2D eigenvalue weighted by atomic mass is 10.0. The minimum absolute atomic E-state index is 0.0181. The van der Waals surface area contributed by atoms with Crippen molar-refractivity contribution in [1.82, 2.24) is 14.5 Å². The molecule has 0 atom stereocenters. The Bertz CT molecular complexity index is 674. The van der Waals surface area contributed by atoms with Crippen molar-refractivity contribution >= 4 is 11.0 Å². The van der Waals surface area contributed by atoms with Crippen LogP contribution in [0.25, 0.3) is 11.0 Å². The van der Waals surface area contributed by atoms with Gasteiger partial charge >= 0.3 is 5.69 Å². The molecule has 3 rings (SSSR count). The fourth-order valence-electron chi connectivity index (χ4n) is 3.15. The quantitative estimate of drug-likeness (QED) is 0.872. The summed E-state index contributed by atoms with van der Waals surface area (Å²) >= 11 is 0. The SMILES string of the molecule is C=C(C)CN1CCC(n2c(=O)[nH]c3ccccc32)CC1. The molecule has 1 fully saturated rings. The molecule has 106 valence electrons. The number of aromatic amines is 1. The summed E-state index contributed by atoms with van der Waals surface area (Å²) in [5, 5.41) is 0. The summed E-state index contributed by atoms with van der Waals surface area (Å²) in [6, 6.07) is 8.23. The predicted octanol–water partition coefficient (Wildman–Crippen LogP) is 2.54. The predicted molar refractivity (Wildman–Crippen MR) is 82.1 cm³/mol. The summed E-state index contributed by atoms with van der Waals surface area (Å²) in [4.78, 5) is 17.5. The minimum Gasteiger partial charge on any atom is -0.306 e. The van der Waals surface area contributed by atoms with Crippen LogP contribution in [0.15, 0.2) is 41.2 Å². The first-order chi connectivity index (χ1) is 9.65. The van der Waals surface area contributed by atoms with Crippen LogP contribution in [0.4, 0.5) is 0 Å². The van der Waals surface area contributed by atoms with Gasteiger partial charge < -0.3 is 4.98 Å². The number of rotatable bonds is 3. The molecule has 4 nitrogen and oxygen atoms in total. The Morgan fingerprint density at radius 3 is 2.75 bits per heavy atom. The molecule has 0 radical (unpaired) electrons. The molecule has 1 aliphatic rings. The zero-order chi connectivity index (χ0) is 14.1. The maximum atomic E-state index is 12.2. The van der Waals surface area contributed by atoms with Gasteiger partial charge in [0, 0.05) is 25.7 Å². The molecule has 4 heteroatoms. The molecule has 1 aromatic carbocycles. The topological polar surface area (TPSA) is 41.0 Å². The molecule has 0 amide bonds. The van der Waals surface area contributed by atoms with Crippen LogP contribution in [0.3, 0.4) is 0 Å². The highest BCUT2D eigenvalue weighted by atomic mass is 16.1. The van der Waals surface area contributed by atoms with E-state index in [0.29, 0.717) is 6.04 Å². The zero-order valence-electron chi connectivity index (χ0n) is 11.9. The highest BCUT2D eigenvalue weighted by Crippen LogP contribution is 2.24. The van der Waals surface area contributed by atoms with Crippen molar-refractivity contribution in [2.75, 3.05) is 19.6 Å². The fourth-order valence-corrected chi connectivity index (χ4v) is 3.15. The number of likely N-dealkylation sites (tertiary alicyclic amines) is 1. The van der Waals surface area contributed by atoms with Crippen LogP contribution in [-0.4, -0.2) is 34.1 Å². The van der Waals surface area contributed by atoms with Crippen LogP contribution in [0.2, 0.25) is 0 Å². The van der Waals surface area contributed by atoms with E-state index in [1.165, 1.54) is 5.57 Å². The third-order valence-corrected chi connectivity index (χ3v) is 4.04. The van der Waals surface area contributed by atoms with Gasteiger partial charge in [0.1, 0.15) is 0 Å². The van der Waals surface area contributed by atoms with Crippen molar-refractivity contribution in [3.05, 3.63) is 46.9 Å². The van der Waals surface area contributed by atoms with E-state index in [-0.39, 0.29) is 5.69 Å². The second-order valence-corrected chi connectivity index (χ2v) is 5.78. The zero-order valence-corrected chi connectivity index (χ0v) is 11.9. The molecule has 1 aromatic heterocycles. The molecule has 1 saturated heterocycles. The van der Waals surface area contributed by atoms with Crippen LogP contribution in [0.5, 0.6) is 0 Å². The molecule has 2 heterocycles. The number of hydrogen-bond acceptors (Lipinski definition) is 2. The van der Waals surface area contributed by atoms with Gasteiger partial charge in [-0.2, -0.15) is 0 Å². The Hall–Kier alpha value is -1.81. The highest BCUT2D eigenvalue weighted by Gasteiger charge is 2.23. The van der Waals surface area contributed by atoms with Crippen molar-refractivity contribution in [2.24, 2.45) is 0 Å². The van der Waals surface area contributed by atoms with E-state index in [2.05, 4.69) is 23.4 Å². The summed E-state index contributed by atoms with van der Waals surface area (Å²) in [6.07, 6.45) is 2.05. The van der Waals surface area contributed by atoms with E-state index in [1.54, 1.807) is 0 Å². The first kappa shape index (κ1) is 13.2. The normalized spacial score (nSPS) is 17.6. The second-order valence-electron chi connectivity index (χ2n) is 5.78. The van der Waals surface area contributed by atoms with E-state index in [0.717, 1.165) is 43.5 Å².